The van der Waals surface area contributed by atoms with E-state index in [9.17, 15) is 19.2 Å². The number of hydrogen-bond donors (Lipinski definition) is 1. The van der Waals surface area contributed by atoms with Crippen LogP contribution in [0.25, 0.3) is 0 Å². The summed E-state index contributed by atoms with van der Waals surface area (Å²) < 4.78 is 31.5. The molecule has 0 aromatic heterocycles. The van der Waals surface area contributed by atoms with Gasteiger partial charge in [0.05, 0.1) is 20.3 Å². The fourth-order valence-electron chi connectivity index (χ4n) is 3.30. The first kappa shape index (κ1) is 36.7. The highest BCUT2D eigenvalue weighted by molar-refractivity contribution is 5.76. The highest BCUT2D eigenvalue weighted by Gasteiger charge is 2.24. The van der Waals surface area contributed by atoms with Crippen molar-refractivity contribution in [1.82, 2.24) is 5.32 Å². The summed E-state index contributed by atoms with van der Waals surface area (Å²) in [5.41, 5.74) is -0.0114. The van der Waals surface area contributed by atoms with Crippen molar-refractivity contribution in [3.8, 4) is 11.5 Å². The lowest BCUT2D eigenvalue weighted by molar-refractivity contribution is -0.149. The van der Waals surface area contributed by atoms with E-state index in [0.29, 0.717) is 12.0 Å². The van der Waals surface area contributed by atoms with E-state index in [1.54, 1.807) is 13.0 Å². The second kappa shape index (κ2) is 16.9. The van der Waals surface area contributed by atoms with Crippen LogP contribution in [0.5, 0.6) is 11.5 Å². The molecule has 1 N–H and O–H groups in total. The standard InChI is InChI=1S/C31H49NO10/c1-11-20(2)14-26(33)40-21(3)17-32-23(27(34)37-10)15-22-12-13-24(41-28(35)38-18-30(4,5)6)25(16-22)42-29(36)39-19-31(7,8)9/h12-13,16,20-21,23,32H,11,14-15,17-19H2,1-10H3/t20?,21?,23-/m0/s1. The van der Waals surface area contributed by atoms with Gasteiger partial charge in [-0.3, -0.25) is 9.59 Å². The van der Waals surface area contributed by atoms with E-state index in [4.69, 9.17) is 28.4 Å². The van der Waals surface area contributed by atoms with Crippen LogP contribution in [0.4, 0.5) is 9.59 Å². The van der Waals surface area contributed by atoms with Crippen molar-refractivity contribution in [3.63, 3.8) is 0 Å². The van der Waals surface area contributed by atoms with Crippen molar-refractivity contribution in [2.45, 2.75) is 93.7 Å². The predicted molar refractivity (Wildman–Crippen MR) is 156 cm³/mol. The molecular formula is C31H49NO10. The van der Waals surface area contributed by atoms with Gasteiger partial charge in [0, 0.05) is 13.0 Å². The summed E-state index contributed by atoms with van der Waals surface area (Å²) >= 11 is 0. The molecule has 1 rings (SSSR count). The number of hydrogen-bond acceptors (Lipinski definition) is 11. The summed E-state index contributed by atoms with van der Waals surface area (Å²) in [5, 5.41) is 3.08. The van der Waals surface area contributed by atoms with Gasteiger partial charge in [-0.2, -0.15) is 0 Å². The van der Waals surface area contributed by atoms with Gasteiger partial charge in [0.2, 0.25) is 0 Å². The monoisotopic (exact) mass is 595 g/mol. The van der Waals surface area contributed by atoms with Crippen LogP contribution in [0.2, 0.25) is 0 Å². The zero-order valence-corrected chi connectivity index (χ0v) is 26.8. The van der Waals surface area contributed by atoms with Crippen molar-refractivity contribution < 1.29 is 47.6 Å². The van der Waals surface area contributed by atoms with Crippen LogP contribution in [-0.4, -0.2) is 63.3 Å². The molecule has 238 valence electrons. The number of esters is 2. The fraction of sp³-hybridized carbons (Fsp3) is 0.677. The van der Waals surface area contributed by atoms with Crippen LogP contribution in [0, 0.1) is 16.7 Å². The van der Waals surface area contributed by atoms with Gasteiger partial charge >= 0.3 is 24.2 Å². The molecule has 0 saturated heterocycles. The molecule has 11 heteroatoms. The Labute approximate surface area is 249 Å². The lowest BCUT2D eigenvalue weighted by Crippen LogP contribution is -2.43. The largest absolute Gasteiger partial charge is 0.513 e. The summed E-state index contributed by atoms with van der Waals surface area (Å²) in [6.07, 6.45) is -1.11. The Balaban J connectivity index is 3.08. The summed E-state index contributed by atoms with van der Waals surface area (Å²) in [6.45, 7) is 17.5. The lowest BCUT2D eigenvalue weighted by Gasteiger charge is -2.21. The van der Waals surface area contributed by atoms with E-state index in [2.05, 4.69) is 5.32 Å². The number of rotatable bonds is 14. The maximum absolute atomic E-state index is 12.6. The van der Waals surface area contributed by atoms with Crippen molar-refractivity contribution >= 4 is 24.2 Å². The number of carbonyl (C=O) groups is 4. The minimum atomic E-state index is -0.981. The minimum absolute atomic E-state index is 0.0604. The normalized spacial score (nSPS) is 13.8. The van der Waals surface area contributed by atoms with E-state index in [1.165, 1.54) is 19.2 Å². The lowest BCUT2D eigenvalue weighted by atomic mass is 9.99. The molecule has 0 aliphatic rings. The third-order valence-corrected chi connectivity index (χ3v) is 5.76. The molecule has 0 saturated carbocycles. The maximum atomic E-state index is 12.6. The van der Waals surface area contributed by atoms with Gasteiger partial charge in [0.15, 0.2) is 11.5 Å². The fourth-order valence-corrected chi connectivity index (χ4v) is 3.30. The molecule has 0 aliphatic carbocycles. The van der Waals surface area contributed by atoms with Crippen LogP contribution in [0.1, 0.15) is 80.7 Å². The second-order valence-corrected chi connectivity index (χ2v) is 12.9. The average molecular weight is 596 g/mol. The SMILES string of the molecule is CCC(C)CC(=O)OC(C)CN[C@@H](Cc1ccc(OC(=O)OCC(C)(C)C)c(OC(=O)OCC(C)(C)C)c1)C(=O)OC. The molecule has 0 amide bonds. The molecule has 0 bridgehead atoms. The van der Waals surface area contributed by atoms with Crippen molar-refractivity contribution in [2.24, 2.45) is 16.7 Å². The third-order valence-electron chi connectivity index (χ3n) is 5.76. The first-order chi connectivity index (χ1) is 19.4. The zero-order valence-electron chi connectivity index (χ0n) is 26.8. The van der Waals surface area contributed by atoms with E-state index in [0.717, 1.165) is 6.42 Å². The molecule has 0 heterocycles. The van der Waals surface area contributed by atoms with Gasteiger partial charge < -0.3 is 33.7 Å². The molecule has 0 spiro atoms. The highest BCUT2D eigenvalue weighted by atomic mass is 16.7. The Morgan fingerprint density at radius 3 is 1.90 bits per heavy atom. The molecule has 1 aromatic carbocycles. The Kier molecular flexibility index (Phi) is 14.8. The minimum Gasteiger partial charge on any atom is -0.468 e. The number of nitrogens with one attached hydrogen (secondary N) is 1. The molecule has 0 fully saturated rings. The van der Waals surface area contributed by atoms with E-state index < -0.39 is 30.4 Å². The van der Waals surface area contributed by atoms with E-state index in [1.807, 2.05) is 55.4 Å². The van der Waals surface area contributed by atoms with Crippen LogP contribution in [0.3, 0.4) is 0 Å². The van der Waals surface area contributed by atoms with Gasteiger partial charge in [0.25, 0.3) is 0 Å². The van der Waals surface area contributed by atoms with Crippen LogP contribution in [0.15, 0.2) is 18.2 Å². The Hall–Kier alpha value is -3.34. The molecular weight excluding hydrogens is 546 g/mol. The Bertz CT molecular complexity index is 1040. The maximum Gasteiger partial charge on any atom is 0.513 e. The first-order valence-electron chi connectivity index (χ1n) is 14.2. The van der Waals surface area contributed by atoms with Gasteiger partial charge in [0.1, 0.15) is 12.1 Å². The van der Waals surface area contributed by atoms with Gasteiger partial charge in [-0.1, -0.05) is 67.9 Å². The van der Waals surface area contributed by atoms with Gasteiger partial charge in [-0.25, -0.2) is 9.59 Å². The molecule has 42 heavy (non-hydrogen) atoms. The Morgan fingerprint density at radius 2 is 1.40 bits per heavy atom. The Morgan fingerprint density at radius 1 is 0.857 bits per heavy atom. The van der Waals surface area contributed by atoms with Crippen LogP contribution in [-0.2, 0) is 35.0 Å². The smallest absolute Gasteiger partial charge is 0.468 e. The highest BCUT2D eigenvalue weighted by Crippen LogP contribution is 2.30. The van der Waals surface area contributed by atoms with Gasteiger partial charge in [-0.15, -0.1) is 0 Å². The molecule has 0 radical (unpaired) electrons. The first-order valence-corrected chi connectivity index (χ1v) is 14.2. The summed E-state index contributed by atoms with van der Waals surface area (Å²) in [4.78, 5) is 49.5. The third kappa shape index (κ3) is 15.6. The van der Waals surface area contributed by atoms with Crippen molar-refractivity contribution in [2.75, 3.05) is 26.9 Å². The molecule has 2 unspecified atom stereocenters. The number of ether oxygens (including phenoxy) is 6. The summed E-state index contributed by atoms with van der Waals surface area (Å²) in [6, 6.07) is 3.72. The van der Waals surface area contributed by atoms with Crippen LogP contribution < -0.4 is 14.8 Å². The second-order valence-electron chi connectivity index (χ2n) is 12.9. The van der Waals surface area contributed by atoms with Crippen LogP contribution >= 0.6 is 0 Å². The van der Waals surface area contributed by atoms with E-state index in [-0.39, 0.29) is 60.4 Å². The van der Waals surface area contributed by atoms with E-state index >= 15 is 0 Å². The van der Waals surface area contributed by atoms with Crippen molar-refractivity contribution in [3.05, 3.63) is 23.8 Å². The number of carbonyl (C=O) groups excluding carboxylic acids is 4. The quantitative estimate of drug-likeness (QED) is 0.158. The average Bonchev–Trinajstić information content (AvgIpc) is 2.88. The topological polar surface area (TPSA) is 136 Å². The predicted octanol–water partition coefficient (Wildman–Crippen LogP) is 5.85. The molecule has 0 aliphatic heterocycles. The number of benzene rings is 1. The summed E-state index contributed by atoms with van der Waals surface area (Å²) in [7, 11) is 1.27. The zero-order chi connectivity index (χ0) is 32.1. The van der Waals surface area contributed by atoms with Crippen molar-refractivity contribution in [1.29, 1.82) is 0 Å². The molecule has 11 nitrogen and oxygen atoms in total. The molecule has 1 aromatic rings. The summed E-state index contributed by atoms with van der Waals surface area (Å²) in [5.74, 6) is -0.768. The van der Waals surface area contributed by atoms with Gasteiger partial charge in [-0.05, 0) is 47.8 Å². The molecule has 3 atom stereocenters. The number of methoxy groups -OCH3 is 1.